The van der Waals surface area contributed by atoms with Crippen LogP contribution in [0.2, 0.25) is 0 Å². The van der Waals surface area contributed by atoms with Crippen molar-refractivity contribution in [2.24, 2.45) is 0 Å². The monoisotopic (exact) mass is 461 g/mol. The molecule has 0 saturated carbocycles. The zero-order chi connectivity index (χ0) is 22.9. The van der Waals surface area contributed by atoms with Crippen molar-refractivity contribution in [1.29, 1.82) is 0 Å². The average Bonchev–Trinajstić information content (AvgIpc) is 3.33. The summed E-state index contributed by atoms with van der Waals surface area (Å²) in [4.78, 5) is 12.4. The van der Waals surface area contributed by atoms with E-state index in [0.717, 1.165) is 23.4 Å². The Morgan fingerprint density at radius 3 is 2.62 bits per heavy atom. The van der Waals surface area contributed by atoms with Gasteiger partial charge in [-0.15, -0.1) is 10.2 Å². The predicted molar refractivity (Wildman–Crippen MR) is 112 cm³/mol. The topological polar surface area (TPSA) is 92.9 Å². The molecule has 0 aliphatic carbocycles. The fourth-order valence-corrected chi connectivity index (χ4v) is 3.38. The van der Waals surface area contributed by atoms with Crippen molar-refractivity contribution in [1.82, 2.24) is 34.7 Å². The quantitative estimate of drug-likeness (QED) is 0.428. The molecule has 4 rings (SSSR count). The van der Waals surface area contributed by atoms with Crippen molar-refractivity contribution in [2.45, 2.75) is 32.6 Å². The Kier molecular flexibility index (Phi) is 5.78. The number of hydrogen-bond donors (Lipinski definition) is 2. The third-order valence-electron chi connectivity index (χ3n) is 4.87. The fraction of sp³-hybridized carbons (Fsp3) is 0.250. The molecular formula is C20H18F3N7OS. The first-order chi connectivity index (χ1) is 15.2. The van der Waals surface area contributed by atoms with E-state index in [9.17, 15) is 18.0 Å². The number of aromatic amines is 1. The second kappa shape index (κ2) is 8.54. The molecule has 3 aromatic heterocycles. The van der Waals surface area contributed by atoms with Crippen LogP contribution in [0.3, 0.4) is 0 Å². The molecule has 1 aromatic carbocycles. The number of carbonyl (C=O) groups excluding carboxylic acids is 1. The number of carbonyl (C=O) groups is 1. The van der Waals surface area contributed by atoms with Gasteiger partial charge in [-0.1, -0.05) is 29.8 Å². The molecule has 0 bridgehead atoms. The molecule has 0 spiro atoms. The van der Waals surface area contributed by atoms with Crippen molar-refractivity contribution in [3.8, 4) is 11.4 Å². The predicted octanol–water partition coefficient (Wildman–Crippen LogP) is 3.68. The van der Waals surface area contributed by atoms with Crippen LogP contribution >= 0.6 is 12.2 Å². The summed E-state index contributed by atoms with van der Waals surface area (Å²) in [6.07, 6.45) is -3.48. The van der Waals surface area contributed by atoms with Gasteiger partial charge in [0.2, 0.25) is 5.91 Å². The number of aryl methyl sites for hydroxylation is 1. The Morgan fingerprint density at radius 2 is 1.91 bits per heavy atom. The molecule has 0 unspecified atom stereocenters. The van der Waals surface area contributed by atoms with E-state index < -0.39 is 11.7 Å². The third kappa shape index (κ3) is 4.54. The van der Waals surface area contributed by atoms with Crippen molar-refractivity contribution in [2.75, 3.05) is 0 Å². The molecule has 2 N–H and O–H groups in total. The molecular weight excluding hydrogens is 443 g/mol. The van der Waals surface area contributed by atoms with Crippen LogP contribution in [0.1, 0.15) is 23.4 Å². The Balaban J connectivity index is 1.42. The van der Waals surface area contributed by atoms with Gasteiger partial charge in [-0.25, -0.2) is 0 Å². The van der Waals surface area contributed by atoms with Crippen LogP contribution in [-0.2, 0) is 24.1 Å². The molecule has 32 heavy (non-hydrogen) atoms. The van der Waals surface area contributed by atoms with Crippen molar-refractivity contribution in [3.63, 3.8) is 0 Å². The van der Waals surface area contributed by atoms with Gasteiger partial charge in [0.05, 0.1) is 12.1 Å². The first-order valence-corrected chi connectivity index (χ1v) is 10.0. The summed E-state index contributed by atoms with van der Waals surface area (Å²) in [6, 6.07) is 9.92. The molecule has 8 nitrogen and oxygen atoms in total. The van der Waals surface area contributed by atoms with E-state index in [2.05, 4.69) is 25.7 Å². The van der Waals surface area contributed by atoms with Crippen LogP contribution in [0.25, 0.3) is 17.0 Å². The maximum Gasteiger partial charge on any atom is 0.417 e. The summed E-state index contributed by atoms with van der Waals surface area (Å²) in [6.45, 7) is 2.19. The van der Waals surface area contributed by atoms with Crippen LogP contribution in [0.15, 0.2) is 42.6 Å². The van der Waals surface area contributed by atoms with Gasteiger partial charge in [-0.2, -0.15) is 18.3 Å². The zero-order valence-electron chi connectivity index (χ0n) is 16.8. The summed E-state index contributed by atoms with van der Waals surface area (Å²) in [5.74, 6) is 0.498. The number of fused-ring (bicyclic) bond motifs is 1. The number of rotatable bonds is 6. The minimum Gasteiger partial charge on any atom is -0.349 e. The normalized spacial score (nSPS) is 11.8. The number of halogens is 3. The standard InChI is InChI=1S/C20H18F3N7OS/c1-12-2-4-13(5-3-12)18-27-28-19(32)29(18)9-8-17(31)24-10-16-26-25-15-7-6-14(11-30(15)16)20(21,22)23/h2-7,11H,8-10H2,1H3,(H,24,31)(H,28,32). The number of benzene rings is 1. The molecule has 0 fully saturated rings. The summed E-state index contributed by atoms with van der Waals surface area (Å²) in [5, 5.41) is 17.3. The summed E-state index contributed by atoms with van der Waals surface area (Å²) in [5.41, 5.74) is 1.40. The van der Waals surface area contributed by atoms with Gasteiger partial charge < -0.3 is 5.32 Å². The number of hydrogen-bond acceptors (Lipinski definition) is 5. The number of alkyl halides is 3. The van der Waals surface area contributed by atoms with Gasteiger partial charge in [-0.05, 0) is 31.3 Å². The van der Waals surface area contributed by atoms with Gasteiger partial charge in [0.1, 0.15) is 0 Å². The van der Waals surface area contributed by atoms with Crippen LogP contribution in [0.5, 0.6) is 0 Å². The van der Waals surface area contributed by atoms with E-state index in [0.29, 0.717) is 10.6 Å². The van der Waals surface area contributed by atoms with E-state index in [-0.39, 0.29) is 36.9 Å². The van der Waals surface area contributed by atoms with Crippen LogP contribution < -0.4 is 5.32 Å². The second-order valence-corrected chi connectivity index (χ2v) is 7.54. The Bertz CT molecular complexity index is 1320. The molecule has 0 saturated heterocycles. The van der Waals surface area contributed by atoms with E-state index in [1.807, 2.05) is 31.2 Å². The largest absolute Gasteiger partial charge is 0.417 e. The number of aromatic nitrogens is 6. The molecule has 4 aromatic rings. The average molecular weight is 461 g/mol. The Labute approximate surface area is 185 Å². The number of pyridine rings is 1. The summed E-state index contributed by atoms with van der Waals surface area (Å²) in [7, 11) is 0. The number of nitrogens with one attached hydrogen (secondary N) is 2. The highest BCUT2D eigenvalue weighted by Crippen LogP contribution is 2.29. The fourth-order valence-electron chi connectivity index (χ4n) is 3.15. The highest BCUT2D eigenvalue weighted by Gasteiger charge is 2.31. The maximum atomic E-state index is 13.0. The van der Waals surface area contributed by atoms with Gasteiger partial charge >= 0.3 is 6.18 Å². The molecule has 0 radical (unpaired) electrons. The van der Waals surface area contributed by atoms with Crippen molar-refractivity contribution in [3.05, 3.63) is 64.3 Å². The zero-order valence-corrected chi connectivity index (χ0v) is 17.7. The van der Waals surface area contributed by atoms with E-state index >= 15 is 0 Å². The summed E-state index contributed by atoms with van der Waals surface area (Å²) < 4.78 is 42.2. The van der Waals surface area contributed by atoms with Crippen LogP contribution in [0, 0.1) is 11.7 Å². The molecule has 1 amide bonds. The van der Waals surface area contributed by atoms with Crippen LogP contribution in [-0.4, -0.2) is 35.3 Å². The third-order valence-corrected chi connectivity index (χ3v) is 5.19. The van der Waals surface area contributed by atoms with Gasteiger partial charge in [-0.3, -0.25) is 18.9 Å². The highest BCUT2D eigenvalue weighted by atomic mass is 32.1. The second-order valence-electron chi connectivity index (χ2n) is 7.16. The molecule has 166 valence electrons. The number of amides is 1. The molecule has 12 heteroatoms. The minimum atomic E-state index is -4.49. The summed E-state index contributed by atoms with van der Waals surface area (Å²) >= 11 is 5.28. The van der Waals surface area contributed by atoms with Crippen molar-refractivity contribution >= 4 is 23.8 Å². The first-order valence-electron chi connectivity index (χ1n) is 9.62. The van der Waals surface area contributed by atoms with E-state index in [1.165, 1.54) is 10.5 Å². The highest BCUT2D eigenvalue weighted by molar-refractivity contribution is 7.71. The number of H-pyrrole nitrogens is 1. The molecule has 0 atom stereocenters. The van der Waals surface area contributed by atoms with Crippen LogP contribution in [0.4, 0.5) is 13.2 Å². The first kappa shape index (κ1) is 21.7. The van der Waals surface area contributed by atoms with Gasteiger partial charge in [0.25, 0.3) is 0 Å². The Morgan fingerprint density at radius 1 is 1.16 bits per heavy atom. The van der Waals surface area contributed by atoms with Crippen molar-refractivity contribution < 1.29 is 18.0 Å². The van der Waals surface area contributed by atoms with Gasteiger partial charge in [0, 0.05) is 24.7 Å². The lowest BCUT2D eigenvalue weighted by atomic mass is 10.1. The lowest BCUT2D eigenvalue weighted by molar-refractivity contribution is -0.137. The molecule has 0 aliphatic rings. The van der Waals surface area contributed by atoms with E-state index in [4.69, 9.17) is 12.2 Å². The lowest BCUT2D eigenvalue weighted by Crippen LogP contribution is -2.25. The SMILES string of the molecule is Cc1ccc(-c2n[nH]c(=S)n2CCC(=O)NCc2nnc3ccc(C(F)(F)F)cn23)cc1. The molecule has 3 heterocycles. The maximum absolute atomic E-state index is 13.0. The lowest BCUT2D eigenvalue weighted by Gasteiger charge is -2.09. The smallest absolute Gasteiger partial charge is 0.349 e. The number of nitrogens with zero attached hydrogens (tertiary/aromatic N) is 5. The van der Waals surface area contributed by atoms with Gasteiger partial charge in [0.15, 0.2) is 22.1 Å². The Hall–Kier alpha value is -3.54. The minimum absolute atomic E-state index is 0.0666. The van der Waals surface area contributed by atoms with E-state index in [1.54, 1.807) is 4.57 Å². The molecule has 0 aliphatic heterocycles.